The number of hydrogen-bond acceptors (Lipinski definition) is 5. The Kier molecular flexibility index (Phi) is 5.51. The fourth-order valence-corrected chi connectivity index (χ4v) is 3.49. The molecule has 1 aliphatic rings. The first-order chi connectivity index (χ1) is 10.1. The van der Waals surface area contributed by atoms with E-state index in [1.807, 2.05) is 6.07 Å². The van der Waals surface area contributed by atoms with Crippen LogP contribution in [0.15, 0.2) is 11.8 Å². The molecule has 0 bridgehead atoms. The standard InChI is InChI=1S/C16H20N2O2S/c1-11(2)20-16(19)13(9-17)8-14-10-18-15(21-14)12-6-4-3-5-7-12/h8,10-12H,3-7H2,1-2H3/b13-8+. The van der Waals surface area contributed by atoms with Gasteiger partial charge in [0.25, 0.3) is 0 Å². The molecular weight excluding hydrogens is 284 g/mol. The summed E-state index contributed by atoms with van der Waals surface area (Å²) >= 11 is 1.57. The lowest BCUT2D eigenvalue weighted by molar-refractivity contribution is -0.142. The number of thiazole rings is 1. The molecule has 0 N–H and O–H groups in total. The van der Waals surface area contributed by atoms with Crippen LogP contribution in [0.4, 0.5) is 0 Å². The van der Waals surface area contributed by atoms with Crippen molar-refractivity contribution >= 4 is 23.4 Å². The first kappa shape index (κ1) is 15.7. The number of ether oxygens (including phenoxy) is 1. The Balaban J connectivity index is 2.10. The van der Waals surface area contributed by atoms with Crippen LogP contribution in [0.3, 0.4) is 0 Å². The second kappa shape index (κ2) is 7.37. The predicted molar refractivity (Wildman–Crippen MR) is 82.8 cm³/mol. The molecule has 0 saturated heterocycles. The third-order valence-electron chi connectivity index (χ3n) is 3.47. The van der Waals surface area contributed by atoms with E-state index in [-0.39, 0.29) is 11.7 Å². The lowest BCUT2D eigenvalue weighted by atomic mass is 9.90. The molecule has 0 amide bonds. The van der Waals surface area contributed by atoms with Crippen LogP contribution in [0, 0.1) is 11.3 Å². The average molecular weight is 304 g/mol. The van der Waals surface area contributed by atoms with E-state index in [0.29, 0.717) is 5.92 Å². The van der Waals surface area contributed by atoms with Gasteiger partial charge in [-0.1, -0.05) is 19.3 Å². The first-order valence-corrected chi connectivity index (χ1v) is 8.20. The maximum Gasteiger partial charge on any atom is 0.349 e. The fraction of sp³-hybridized carbons (Fsp3) is 0.562. The molecule has 4 nitrogen and oxygen atoms in total. The quantitative estimate of drug-likeness (QED) is 0.478. The Hall–Kier alpha value is -1.67. The number of nitriles is 1. The molecule has 2 rings (SSSR count). The van der Waals surface area contributed by atoms with Crippen LogP contribution >= 0.6 is 11.3 Å². The third-order valence-corrected chi connectivity index (χ3v) is 4.57. The molecule has 0 radical (unpaired) electrons. The molecule has 0 spiro atoms. The van der Waals surface area contributed by atoms with Crippen molar-refractivity contribution in [3.05, 3.63) is 21.7 Å². The highest BCUT2D eigenvalue weighted by Gasteiger charge is 2.19. The lowest BCUT2D eigenvalue weighted by Crippen LogP contribution is -2.12. The molecule has 1 aromatic heterocycles. The minimum atomic E-state index is -0.569. The molecule has 112 valence electrons. The second-order valence-corrected chi connectivity index (χ2v) is 6.65. The minimum absolute atomic E-state index is 0.0301. The van der Waals surface area contributed by atoms with Gasteiger partial charge in [0.2, 0.25) is 0 Å². The molecule has 1 aromatic rings. The normalized spacial score (nSPS) is 16.8. The van der Waals surface area contributed by atoms with Crippen LogP contribution in [0.1, 0.15) is 61.8 Å². The summed E-state index contributed by atoms with van der Waals surface area (Å²) in [5, 5.41) is 10.2. The van der Waals surface area contributed by atoms with Crippen LogP contribution in [-0.4, -0.2) is 17.1 Å². The van der Waals surface area contributed by atoms with E-state index in [2.05, 4.69) is 4.98 Å². The lowest BCUT2D eigenvalue weighted by Gasteiger charge is -2.18. The van der Waals surface area contributed by atoms with E-state index < -0.39 is 5.97 Å². The minimum Gasteiger partial charge on any atom is -0.459 e. The van der Waals surface area contributed by atoms with E-state index in [9.17, 15) is 4.79 Å². The summed E-state index contributed by atoms with van der Waals surface area (Å²) in [4.78, 5) is 17.1. The van der Waals surface area contributed by atoms with Crippen molar-refractivity contribution in [1.82, 2.24) is 4.98 Å². The largest absolute Gasteiger partial charge is 0.459 e. The van der Waals surface area contributed by atoms with Gasteiger partial charge in [0.15, 0.2) is 0 Å². The fourth-order valence-electron chi connectivity index (χ4n) is 2.46. The third kappa shape index (κ3) is 4.40. The van der Waals surface area contributed by atoms with Gasteiger partial charge < -0.3 is 4.74 Å². The number of aromatic nitrogens is 1. The van der Waals surface area contributed by atoms with Gasteiger partial charge in [-0.2, -0.15) is 5.26 Å². The molecular formula is C16H20N2O2S. The van der Waals surface area contributed by atoms with Crippen LogP contribution in [-0.2, 0) is 9.53 Å². The van der Waals surface area contributed by atoms with Gasteiger partial charge in [-0.25, -0.2) is 9.78 Å². The van der Waals surface area contributed by atoms with Crippen molar-refractivity contribution in [2.75, 3.05) is 0 Å². The van der Waals surface area contributed by atoms with E-state index in [0.717, 1.165) is 9.88 Å². The summed E-state index contributed by atoms with van der Waals surface area (Å²) in [5.41, 5.74) is 0.0301. The number of nitrogens with zero attached hydrogens (tertiary/aromatic N) is 2. The topological polar surface area (TPSA) is 63.0 Å². The molecule has 1 saturated carbocycles. The zero-order chi connectivity index (χ0) is 15.2. The highest BCUT2D eigenvalue weighted by molar-refractivity contribution is 7.12. The van der Waals surface area contributed by atoms with E-state index in [1.165, 1.54) is 32.1 Å². The van der Waals surface area contributed by atoms with Crippen LogP contribution in [0.5, 0.6) is 0 Å². The van der Waals surface area contributed by atoms with Gasteiger partial charge in [0.05, 0.1) is 11.1 Å². The number of carbonyl (C=O) groups excluding carboxylic acids is 1. The first-order valence-electron chi connectivity index (χ1n) is 7.38. The molecule has 0 aliphatic heterocycles. The Morgan fingerprint density at radius 2 is 2.19 bits per heavy atom. The summed E-state index contributed by atoms with van der Waals surface area (Å²) in [6.45, 7) is 3.53. The van der Waals surface area contributed by atoms with E-state index in [4.69, 9.17) is 10.00 Å². The summed E-state index contributed by atoms with van der Waals surface area (Å²) in [7, 11) is 0. The molecule has 0 aromatic carbocycles. The maximum atomic E-state index is 11.8. The Morgan fingerprint density at radius 3 is 2.81 bits per heavy atom. The Labute approximate surface area is 129 Å². The average Bonchev–Trinajstić information content (AvgIpc) is 2.93. The van der Waals surface area contributed by atoms with Gasteiger partial charge in [0, 0.05) is 17.0 Å². The van der Waals surface area contributed by atoms with Gasteiger partial charge in [-0.15, -0.1) is 11.3 Å². The van der Waals surface area contributed by atoms with Gasteiger partial charge in [-0.3, -0.25) is 0 Å². The van der Waals surface area contributed by atoms with Crippen molar-refractivity contribution in [3.8, 4) is 6.07 Å². The summed E-state index contributed by atoms with van der Waals surface area (Å²) in [5.74, 6) is -0.0285. The van der Waals surface area contributed by atoms with Gasteiger partial charge in [0.1, 0.15) is 11.6 Å². The SMILES string of the molecule is CC(C)OC(=O)/C(C#N)=C/c1cnc(C2CCCCC2)s1. The van der Waals surface area contributed by atoms with Crippen LogP contribution in [0.25, 0.3) is 6.08 Å². The highest BCUT2D eigenvalue weighted by atomic mass is 32.1. The van der Waals surface area contributed by atoms with Crippen molar-refractivity contribution in [1.29, 1.82) is 5.26 Å². The molecule has 1 fully saturated rings. The molecule has 0 atom stereocenters. The summed E-state index contributed by atoms with van der Waals surface area (Å²) in [6.07, 6.45) is 9.32. The van der Waals surface area contributed by atoms with Gasteiger partial charge in [-0.05, 0) is 32.8 Å². The zero-order valence-corrected chi connectivity index (χ0v) is 13.3. The Bertz CT molecular complexity index is 563. The van der Waals surface area contributed by atoms with Crippen LogP contribution < -0.4 is 0 Å². The molecule has 0 unspecified atom stereocenters. The maximum absolute atomic E-state index is 11.8. The molecule has 21 heavy (non-hydrogen) atoms. The van der Waals surface area contributed by atoms with Gasteiger partial charge >= 0.3 is 5.97 Å². The van der Waals surface area contributed by atoms with Crippen molar-refractivity contribution in [2.24, 2.45) is 0 Å². The van der Waals surface area contributed by atoms with Crippen molar-refractivity contribution in [3.63, 3.8) is 0 Å². The molecule has 1 heterocycles. The number of carbonyl (C=O) groups is 1. The van der Waals surface area contributed by atoms with Crippen LogP contribution in [0.2, 0.25) is 0 Å². The van der Waals surface area contributed by atoms with E-state index >= 15 is 0 Å². The number of esters is 1. The smallest absolute Gasteiger partial charge is 0.349 e. The highest BCUT2D eigenvalue weighted by Crippen LogP contribution is 2.35. The molecule has 5 heteroatoms. The number of hydrogen-bond donors (Lipinski definition) is 0. The number of rotatable bonds is 4. The van der Waals surface area contributed by atoms with E-state index in [1.54, 1.807) is 37.5 Å². The van der Waals surface area contributed by atoms with Crippen molar-refractivity contribution < 1.29 is 9.53 Å². The zero-order valence-electron chi connectivity index (χ0n) is 12.5. The Morgan fingerprint density at radius 1 is 1.48 bits per heavy atom. The predicted octanol–water partition coefficient (Wildman–Crippen LogP) is 4.05. The summed E-state index contributed by atoms with van der Waals surface area (Å²) < 4.78 is 5.05. The monoisotopic (exact) mass is 304 g/mol. The molecule has 1 aliphatic carbocycles. The van der Waals surface area contributed by atoms with Crippen molar-refractivity contribution in [2.45, 2.75) is 58.0 Å². The second-order valence-electron chi connectivity index (χ2n) is 5.56. The summed E-state index contributed by atoms with van der Waals surface area (Å²) in [6, 6.07) is 1.91.